The van der Waals surface area contributed by atoms with Gasteiger partial charge in [-0.1, -0.05) is 36.4 Å². The highest BCUT2D eigenvalue weighted by Crippen LogP contribution is 2.26. The van der Waals surface area contributed by atoms with Crippen LogP contribution in [0.25, 0.3) is 0 Å². The van der Waals surface area contributed by atoms with Crippen molar-refractivity contribution in [1.82, 2.24) is 10.2 Å². The molecule has 1 aromatic heterocycles. The SMILES string of the molecule is CN(C)[C@@H](CNC(=O)c1ccccc1Oc1ccccc1)c1cccs1. The Morgan fingerprint density at radius 2 is 1.77 bits per heavy atom. The minimum absolute atomic E-state index is 0.139. The zero-order valence-electron chi connectivity index (χ0n) is 14.9. The van der Waals surface area contributed by atoms with Gasteiger partial charge in [0, 0.05) is 11.4 Å². The highest BCUT2D eigenvalue weighted by atomic mass is 32.1. The van der Waals surface area contributed by atoms with Gasteiger partial charge in [0.2, 0.25) is 0 Å². The van der Waals surface area contributed by atoms with E-state index in [2.05, 4.69) is 21.7 Å². The number of benzene rings is 2. The molecule has 0 bridgehead atoms. The van der Waals surface area contributed by atoms with Crippen LogP contribution in [0.4, 0.5) is 0 Å². The van der Waals surface area contributed by atoms with Crippen LogP contribution in [0.5, 0.6) is 11.5 Å². The quantitative estimate of drug-likeness (QED) is 0.666. The average molecular weight is 366 g/mol. The van der Waals surface area contributed by atoms with Crippen molar-refractivity contribution in [2.24, 2.45) is 0 Å². The lowest BCUT2D eigenvalue weighted by molar-refractivity contribution is 0.0940. The van der Waals surface area contributed by atoms with Crippen molar-refractivity contribution >= 4 is 17.2 Å². The molecule has 1 amide bonds. The van der Waals surface area contributed by atoms with Gasteiger partial charge in [-0.05, 0) is 49.8 Å². The van der Waals surface area contributed by atoms with Crippen LogP contribution in [0, 0.1) is 0 Å². The van der Waals surface area contributed by atoms with Gasteiger partial charge in [-0.15, -0.1) is 11.3 Å². The van der Waals surface area contributed by atoms with E-state index >= 15 is 0 Å². The van der Waals surface area contributed by atoms with Gasteiger partial charge in [-0.2, -0.15) is 0 Å². The molecule has 1 heterocycles. The molecule has 0 radical (unpaired) electrons. The van der Waals surface area contributed by atoms with E-state index in [9.17, 15) is 4.79 Å². The fourth-order valence-corrected chi connectivity index (χ4v) is 3.58. The number of nitrogens with one attached hydrogen (secondary N) is 1. The van der Waals surface area contributed by atoms with Crippen molar-refractivity contribution in [2.75, 3.05) is 20.6 Å². The maximum Gasteiger partial charge on any atom is 0.255 e. The van der Waals surface area contributed by atoms with Gasteiger partial charge in [-0.3, -0.25) is 4.79 Å². The van der Waals surface area contributed by atoms with Crippen molar-refractivity contribution in [3.05, 3.63) is 82.6 Å². The van der Waals surface area contributed by atoms with Crippen LogP contribution in [-0.2, 0) is 0 Å². The summed E-state index contributed by atoms with van der Waals surface area (Å²) in [5, 5.41) is 5.09. The number of amides is 1. The Kier molecular flexibility index (Phi) is 6.04. The maximum absolute atomic E-state index is 12.7. The lowest BCUT2D eigenvalue weighted by Crippen LogP contribution is -2.34. The highest BCUT2D eigenvalue weighted by molar-refractivity contribution is 7.10. The van der Waals surface area contributed by atoms with Gasteiger partial charge < -0.3 is 15.0 Å². The Balaban J connectivity index is 1.72. The Bertz CT molecular complexity index is 832. The topological polar surface area (TPSA) is 41.6 Å². The van der Waals surface area contributed by atoms with Crippen molar-refractivity contribution in [3.63, 3.8) is 0 Å². The Morgan fingerprint density at radius 1 is 1.04 bits per heavy atom. The normalized spacial score (nSPS) is 12.0. The molecule has 0 saturated heterocycles. The number of thiophene rings is 1. The number of likely N-dealkylation sites (N-methyl/N-ethyl adjacent to an activating group) is 1. The first kappa shape index (κ1) is 18.2. The van der Waals surface area contributed by atoms with E-state index in [4.69, 9.17) is 4.74 Å². The maximum atomic E-state index is 12.7. The number of para-hydroxylation sites is 2. The Labute approximate surface area is 158 Å². The molecule has 4 nitrogen and oxygen atoms in total. The first-order chi connectivity index (χ1) is 12.6. The minimum Gasteiger partial charge on any atom is -0.457 e. The number of carbonyl (C=O) groups excluding carboxylic acids is 1. The summed E-state index contributed by atoms with van der Waals surface area (Å²) in [6.45, 7) is 0.534. The van der Waals surface area contributed by atoms with Gasteiger partial charge in [0.15, 0.2) is 0 Å². The highest BCUT2D eigenvalue weighted by Gasteiger charge is 2.18. The number of rotatable bonds is 7. The predicted octanol–water partition coefficient (Wildman–Crippen LogP) is 4.57. The summed E-state index contributed by atoms with van der Waals surface area (Å²) in [7, 11) is 4.03. The molecular weight excluding hydrogens is 344 g/mol. The predicted molar refractivity (Wildman–Crippen MR) is 106 cm³/mol. The van der Waals surface area contributed by atoms with E-state index in [0.29, 0.717) is 23.6 Å². The molecule has 0 unspecified atom stereocenters. The fraction of sp³-hybridized carbons (Fsp3) is 0.190. The molecule has 26 heavy (non-hydrogen) atoms. The lowest BCUT2D eigenvalue weighted by Gasteiger charge is -2.23. The second-order valence-corrected chi connectivity index (χ2v) is 7.10. The van der Waals surface area contributed by atoms with Crippen molar-refractivity contribution in [1.29, 1.82) is 0 Å². The molecule has 3 rings (SSSR count). The van der Waals surface area contributed by atoms with Crippen LogP contribution in [0.3, 0.4) is 0 Å². The third-order valence-corrected chi connectivity index (χ3v) is 5.03. The van der Waals surface area contributed by atoms with Crippen molar-refractivity contribution < 1.29 is 9.53 Å². The van der Waals surface area contributed by atoms with Crippen LogP contribution in [-0.4, -0.2) is 31.4 Å². The standard InChI is InChI=1S/C21H22N2O2S/c1-23(2)18(20-13-8-14-26-20)15-22-21(24)17-11-6-7-12-19(17)25-16-9-4-3-5-10-16/h3-14,18H,15H2,1-2H3,(H,22,24)/t18-/m0/s1. The molecule has 0 fully saturated rings. The van der Waals surface area contributed by atoms with Gasteiger partial charge in [0.1, 0.15) is 11.5 Å². The molecule has 0 aliphatic heterocycles. The monoisotopic (exact) mass is 366 g/mol. The number of nitrogens with zero attached hydrogens (tertiary/aromatic N) is 1. The molecule has 3 aromatic rings. The first-order valence-electron chi connectivity index (χ1n) is 8.45. The fourth-order valence-electron chi connectivity index (χ4n) is 2.66. The van der Waals surface area contributed by atoms with E-state index < -0.39 is 0 Å². The van der Waals surface area contributed by atoms with Gasteiger partial charge in [-0.25, -0.2) is 0 Å². The average Bonchev–Trinajstić information content (AvgIpc) is 3.17. The number of carbonyl (C=O) groups is 1. The smallest absolute Gasteiger partial charge is 0.255 e. The number of hydrogen-bond donors (Lipinski definition) is 1. The summed E-state index contributed by atoms with van der Waals surface area (Å²) in [6, 6.07) is 21.0. The van der Waals surface area contributed by atoms with Crippen LogP contribution in [0.15, 0.2) is 72.1 Å². The van der Waals surface area contributed by atoms with Crippen LogP contribution in [0.2, 0.25) is 0 Å². The largest absolute Gasteiger partial charge is 0.457 e. The third kappa shape index (κ3) is 4.50. The number of ether oxygens (including phenoxy) is 1. The van der Waals surface area contributed by atoms with E-state index in [1.165, 1.54) is 4.88 Å². The summed E-state index contributed by atoms with van der Waals surface area (Å²) >= 11 is 1.69. The van der Waals surface area contributed by atoms with E-state index in [-0.39, 0.29) is 11.9 Å². The van der Waals surface area contributed by atoms with Crippen molar-refractivity contribution in [2.45, 2.75) is 6.04 Å². The summed E-state index contributed by atoms with van der Waals surface area (Å²) in [5.74, 6) is 1.12. The Hall–Kier alpha value is -2.63. The second-order valence-electron chi connectivity index (χ2n) is 6.12. The molecule has 0 spiro atoms. The van der Waals surface area contributed by atoms with Crippen LogP contribution >= 0.6 is 11.3 Å². The molecule has 2 aromatic carbocycles. The molecule has 134 valence electrons. The zero-order chi connectivity index (χ0) is 18.4. The molecule has 0 aliphatic carbocycles. The third-order valence-electron chi connectivity index (χ3n) is 4.05. The van der Waals surface area contributed by atoms with Crippen LogP contribution < -0.4 is 10.1 Å². The van der Waals surface area contributed by atoms with E-state index in [0.717, 1.165) is 0 Å². The van der Waals surface area contributed by atoms with Crippen LogP contribution in [0.1, 0.15) is 21.3 Å². The molecular formula is C21H22N2O2S. The Morgan fingerprint density at radius 3 is 2.46 bits per heavy atom. The first-order valence-corrected chi connectivity index (χ1v) is 9.33. The molecule has 1 atom stereocenters. The summed E-state index contributed by atoms with van der Waals surface area (Å²) in [5.41, 5.74) is 0.528. The summed E-state index contributed by atoms with van der Waals surface area (Å²) in [6.07, 6.45) is 0. The van der Waals surface area contributed by atoms with Gasteiger partial charge in [0.05, 0.1) is 11.6 Å². The second kappa shape index (κ2) is 8.65. The molecule has 0 aliphatic rings. The summed E-state index contributed by atoms with van der Waals surface area (Å²) in [4.78, 5) is 16.1. The minimum atomic E-state index is -0.139. The van der Waals surface area contributed by atoms with E-state index in [1.54, 1.807) is 17.4 Å². The summed E-state index contributed by atoms with van der Waals surface area (Å²) < 4.78 is 5.89. The lowest BCUT2D eigenvalue weighted by atomic mass is 10.1. The molecule has 0 saturated carbocycles. The number of hydrogen-bond acceptors (Lipinski definition) is 4. The molecule has 1 N–H and O–H groups in total. The van der Waals surface area contributed by atoms with Gasteiger partial charge >= 0.3 is 0 Å². The van der Waals surface area contributed by atoms with E-state index in [1.807, 2.05) is 68.7 Å². The van der Waals surface area contributed by atoms with Crippen molar-refractivity contribution in [3.8, 4) is 11.5 Å². The van der Waals surface area contributed by atoms with Gasteiger partial charge in [0.25, 0.3) is 5.91 Å². The zero-order valence-corrected chi connectivity index (χ0v) is 15.7. The molecule has 5 heteroatoms.